The second kappa shape index (κ2) is 10.1. The highest BCUT2D eigenvalue weighted by atomic mass is 16.5. The minimum Gasteiger partial charge on any atom is -0.493 e. The van der Waals surface area contributed by atoms with Gasteiger partial charge in [-0.1, -0.05) is 36.4 Å². The number of amides is 1. The van der Waals surface area contributed by atoms with Gasteiger partial charge in [0.15, 0.2) is 11.5 Å². The molecule has 2 N–H and O–H groups in total. The highest BCUT2D eigenvalue weighted by molar-refractivity contribution is 5.78. The van der Waals surface area contributed by atoms with Gasteiger partial charge in [-0.15, -0.1) is 0 Å². The molecule has 2 aromatic rings. The number of ether oxygens (including phenoxy) is 2. The monoisotopic (exact) mass is 383 g/mol. The summed E-state index contributed by atoms with van der Waals surface area (Å²) in [6.07, 6.45) is 0. The van der Waals surface area contributed by atoms with Crippen molar-refractivity contribution in [1.29, 1.82) is 0 Å². The Morgan fingerprint density at radius 1 is 1.18 bits per heavy atom. The molecule has 3 rings (SSSR count). The van der Waals surface area contributed by atoms with E-state index in [1.807, 2.05) is 48.5 Å². The quantitative estimate of drug-likeness (QED) is 0.732. The fourth-order valence-electron chi connectivity index (χ4n) is 3.24. The number of rotatable bonds is 8. The van der Waals surface area contributed by atoms with E-state index in [2.05, 4.69) is 22.5 Å². The smallest absolute Gasteiger partial charge is 0.234 e. The molecule has 0 bridgehead atoms. The van der Waals surface area contributed by atoms with Gasteiger partial charge in [0.25, 0.3) is 0 Å². The van der Waals surface area contributed by atoms with E-state index in [0.29, 0.717) is 37.2 Å². The number of piperazine rings is 1. The lowest BCUT2D eigenvalue weighted by molar-refractivity contribution is -0.123. The first-order valence-electron chi connectivity index (χ1n) is 9.71. The van der Waals surface area contributed by atoms with Crippen molar-refractivity contribution in [2.45, 2.75) is 26.1 Å². The Morgan fingerprint density at radius 3 is 2.75 bits per heavy atom. The third kappa shape index (κ3) is 5.71. The molecule has 28 heavy (non-hydrogen) atoms. The van der Waals surface area contributed by atoms with Gasteiger partial charge in [0.1, 0.15) is 6.61 Å². The molecule has 0 aromatic heterocycles. The van der Waals surface area contributed by atoms with E-state index in [1.165, 1.54) is 0 Å². The van der Waals surface area contributed by atoms with E-state index in [-0.39, 0.29) is 5.91 Å². The molecule has 1 aliphatic rings. The lowest BCUT2D eigenvalue weighted by Gasteiger charge is -2.33. The maximum atomic E-state index is 12.3. The van der Waals surface area contributed by atoms with Crippen LogP contribution in [0.4, 0.5) is 0 Å². The van der Waals surface area contributed by atoms with Gasteiger partial charge in [0.05, 0.1) is 13.7 Å². The van der Waals surface area contributed by atoms with Crippen molar-refractivity contribution in [3.8, 4) is 11.5 Å². The van der Waals surface area contributed by atoms with Crippen molar-refractivity contribution in [2.24, 2.45) is 0 Å². The van der Waals surface area contributed by atoms with Crippen LogP contribution in [0, 0.1) is 0 Å². The summed E-state index contributed by atoms with van der Waals surface area (Å²) in [6, 6.07) is 16.1. The van der Waals surface area contributed by atoms with Crippen LogP contribution in [0.5, 0.6) is 11.5 Å². The van der Waals surface area contributed by atoms with Crippen molar-refractivity contribution in [3.63, 3.8) is 0 Å². The van der Waals surface area contributed by atoms with Gasteiger partial charge in [0.2, 0.25) is 5.91 Å². The molecular formula is C22H29N3O3. The summed E-state index contributed by atoms with van der Waals surface area (Å²) >= 11 is 0. The topological polar surface area (TPSA) is 62.8 Å². The molecule has 2 aromatic carbocycles. The lowest BCUT2D eigenvalue weighted by Crippen LogP contribution is -2.52. The second-order valence-corrected chi connectivity index (χ2v) is 7.06. The predicted octanol–water partition coefficient (Wildman–Crippen LogP) is 2.18. The number of hydrogen-bond donors (Lipinski definition) is 2. The van der Waals surface area contributed by atoms with Crippen LogP contribution in [-0.2, 0) is 17.9 Å². The molecule has 1 fully saturated rings. The zero-order valence-electron chi connectivity index (χ0n) is 16.6. The fourth-order valence-corrected chi connectivity index (χ4v) is 3.24. The number of nitrogens with one attached hydrogen (secondary N) is 2. The van der Waals surface area contributed by atoms with Crippen LogP contribution in [-0.4, -0.2) is 50.1 Å². The first-order valence-corrected chi connectivity index (χ1v) is 9.71. The predicted molar refractivity (Wildman–Crippen MR) is 110 cm³/mol. The number of carbonyl (C=O) groups is 1. The Labute approximate surface area is 166 Å². The number of nitrogens with zero attached hydrogens (tertiary/aromatic N) is 1. The van der Waals surface area contributed by atoms with Crippen molar-refractivity contribution in [3.05, 3.63) is 59.7 Å². The van der Waals surface area contributed by atoms with Crippen molar-refractivity contribution in [1.82, 2.24) is 15.5 Å². The lowest BCUT2D eigenvalue weighted by atomic mass is 10.2. The van der Waals surface area contributed by atoms with Gasteiger partial charge in [-0.05, 0) is 30.2 Å². The van der Waals surface area contributed by atoms with E-state index in [4.69, 9.17) is 9.47 Å². The molecule has 0 radical (unpaired) electrons. The van der Waals surface area contributed by atoms with E-state index < -0.39 is 0 Å². The fraction of sp³-hybridized carbons (Fsp3) is 0.409. The first-order chi connectivity index (χ1) is 13.7. The molecule has 6 heteroatoms. The SMILES string of the molecule is COc1cc(CNC(=O)CN2CCNC[C@@H]2C)ccc1OCc1ccccc1. The van der Waals surface area contributed by atoms with Gasteiger partial charge in [-0.25, -0.2) is 0 Å². The zero-order valence-corrected chi connectivity index (χ0v) is 16.6. The highest BCUT2D eigenvalue weighted by Gasteiger charge is 2.20. The van der Waals surface area contributed by atoms with Gasteiger partial charge >= 0.3 is 0 Å². The molecule has 0 saturated carbocycles. The Balaban J connectivity index is 1.52. The van der Waals surface area contributed by atoms with Gasteiger partial charge in [0, 0.05) is 32.2 Å². The van der Waals surface area contributed by atoms with Gasteiger partial charge in [-0.2, -0.15) is 0 Å². The Morgan fingerprint density at radius 2 is 2.00 bits per heavy atom. The molecule has 150 valence electrons. The zero-order chi connectivity index (χ0) is 19.8. The Bertz CT molecular complexity index is 767. The van der Waals surface area contributed by atoms with Crippen molar-refractivity contribution >= 4 is 5.91 Å². The molecule has 0 aliphatic carbocycles. The molecule has 1 heterocycles. The minimum atomic E-state index is 0.0390. The average Bonchev–Trinajstić information content (AvgIpc) is 2.73. The molecule has 1 atom stereocenters. The van der Waals surface area contributed by atoms with Crippen LogP contribution in [0.1, 0.15) is 18.1 Å². The Hall–Kier alpha value is -2.57. The molecule has 6 nitrogen and oxygen atoms in total. The molecule has 0 spiro atoms. The van der Waals surface area contributed by atoms with Crippen LogP contribution < -0.4 is 20.1 Å². The van der Waals surface area contributed by atoms with E-state index >= 15 is 0 Å². The van der Waals surface area contributed by atoms with E-state index in [0.717, 1.165) is 30.8 Å². The van der Waals surface area contributed by atoms with Gasteiger partial charge < -0.3 is 20.1 Å². The van der Waals surface area contributed by atoms with Crippen LogP contribution in [0.15, 0.2) is 48.5 Å². The third-order valence-corrected chi connectivity index (χ3v) is 4.94. The van der Waals surface area contributed by atoms with E-state index in [1.54, 1.807) is 7.11 Å². The molecule has 1 aliphatic heterocycles. The number of benzene rings is 2. The maximum Gasteiger partial charge on any atom is 0.234 e. The third-order valence-electron chi connectivity index (χ3n) is 4.94. The summed E-state index contributed by atoms with van der Waals surface area (Å²) in [4.78, 5) is 14.5. The number of methoxy groups -OCH3 is 1. The van der Waals surface area contributed by atoms with Crippen LogP contribution in [0.3, 0.4) is 0 Å². The maximum absolute atomic E-state index is 12.3. The molecule has 1 amide bonds. The van der Waals surface area contributed by atoms with Crippen LogP contribution in [0.2, 0.25) is 0 Å². The first kappa shape index (κ1) is 20.2. The van der Waals surface area contributed by atoms with Gasteiger partial charge in [-0.3, -0.25) is 9.69 Å². The number of hydrogen-bond acceptors (Lipinski definition) is 5. The summed E-state index contributed by atoms with van der Waals surface area (Å²) in [5.41, 5.74) is 2.08. The largest absolute Gasteiger partial charge is 0.493 e. The molecule has 0 unspecified atom stereocenters. The number of carbonyl (C=O) groups excluding carboxylic acids is 1. The summed E-state index contributed by atoms with van der Waals surface area (Å²) in [7, 11) is 1.62. The highest BCUT2D eigenvalue weighted by Crippen LogP contribution is 2.28. The van der Waals surface area contributed by atoms with Crippen molar-refractivity contribution in [2.75, 3.05) is 33.3 Å². The van der Waals surface area contributed by atoms with Crippen LogP contribution >= 0.6 is 0 Å². The standard InChI is InChI=1S/C22H29N3O3/c1-17-13-23-10-11-25(17)15-22(26)24-14-19-8-9-20(21(12-19)27-2)28-16-18-6-4-3-5-7-18/h3-9,12,17,23H,10-11,13-16H2,1-2H3,(H,24,26)/t17-/m0/s1. The normalized spacial score (nSPS) is 17.1. The van der Waals surface area contributed by atoms with Crippen LogP contribution in [0.25, 0.3) is 0 Å². The summed E-state index contributed by atoms with van der Waals surface area (Å²) in [5.74, 6) is 1.39. The summed E-state index contributed by atoms with van der Waals surface area (Å²) < 4.78 is 11.3. The summed E-state index contributed by atoms with van der Waals surface area (Å²) in [6.45, 7) is 6.27. The molecule has 1 saturated heterocycles. The second-order valence-electron chi connectivity index (χ2n) is 7.06. The van der Waals surface area contributed by atoms with E-state index in [9.17, 15) is 4.79 Å². The average molecular weight is 383 g/mol. The minimum absolute atomic E-state index is 0.0390. The summed E-state index contributed by atoms with van der Waals surface area (Å²) in [5, 5.41) is 6.33. The Kier molecular flexibility index (Phi) is 7.28. The van der Waals surface area contributed by atoms with Crippen molar-refractivity contribution < 1.29 is 14.3 Å². The molecular weight excluding hydrogens is 354 g/mol.